The highest BCUT2D eigenvalue weighted by atomic mass is 32.2. The maximum atomic E-state index is 13.2. The molecule has 0 heterocycles. The number of sulfonamides is 1. The summed E-state index contributed by atoms with van der Waals surface area (Å²) in [5.74, 6) is -0.641. The summed E-state index contributed by atoms with van der Waals surface area (Å²) in [4.78, 5) is -0.181. The molecule has 1 fully saturated rings. The van der Waals surface area contributed by atoms with Crippen molar-refractivity contribution in [3.63, 3.8) is 0 Å². The van der Waals surface area contributed by atoms with Crippen molar-refractivity contribution >= 4 is 10.0 Å². The smallest absolute Gasteiger partial charge is 0.240 e. The average Bonchev–Trinajstić information content (AvgIpc) is 2.99. The number of nitriles is 1. The summed E-state index contributed by atoms with van der Waals surface area (Å²) < 4.78 is 39.7. The lowest BCUT2D eigenvalue weighted by Crippen LogP contribution is -2.35. The molecule has 0 amide bonds. The first-order valence-electron chi connectivity index (χ1n) is 6.81. The summed E-state index contributed by atoms with van der Waals surface area (Å²) in [5.41, 5.74) is -0.325. The van der Waals surface area contributed by atoms with E-state index in [2.05, 4.69) is 4.72 Å². The number of aliphatic hydroxyl groups excluding tert-OH is 1. The topological polar surface area (TPSA) is 90.2 Å². The Labute approximate surface area is 123 Å². The van der Waals surface area contributed by atoms with Crippen LogP contribution < -0.4 is 4.72 Å². The van der Waals surface area contributed by atoms with Gasteiger partial charge in [0.1, 0.15) is 11.9 Å². The van der Waals surface area contributed by atoms with Gasteiger partial charge in [0.05, 0.1) is 16.6 Å². The molecule has 0 saturated heterocycles. The molecular weight excluding hydrogens is 295 g/mol. The predicted molar refractivity (Wildman–Crippen MR) is 74.3 cm³/mol. The molecule has 21 heavy (non-hydrogen) atoms. The van der Waals surface area contributed by atoms with E-state index in [0.29, 0.717) is 0 Å². The molecule has 2 N–H and O–H groups in total. The van der Waals surface area contributed by atoms with Gasteiger partial charge in [-0.25, -0.2) is 17.5 Å². The Morgan fingerprint density at radius 2 is 2.10 bits per heavy atom. The Morgan fingerprint density at radius 3 is 2.71 bits per heavy atom. The zero-order valence-corrected chi connectivity index (χ0v) is 12.2. The van der Waals surface area contributed by atoms with Crippen LogP contribution in [0.2, 0.25) is 0 Å². The van der Waals surface area contributed by atoms with Crippen molar-refractivity contribution in [2.24, 2.45) is 5.92 Å². The first-order chi connectivity index (χ1) is 9.94. The Hall–Kier alpha value is -1.49. The third-order valence-corrected chi connectivity index (χ3v) is 5.22. The standard InChI is InChI=1S/C14H17FN2O3S/c15-13-6-5-12(7-11(13)8-16)21(19,20)17-9-14(18)10-3-1-2-4-10/h5-7,10,14,17-18H,1-4,9H2. The third-order valence-electron chi connectivity index (χ3n) is 3.80. The van der Waals surface area contributed by atoms with Gasteiger partial charge in [-0.3, -0.25) is 0 Å². The molecule has 0 radical (unpaired) electrons. The highest BCUT2D eigenvalue weighted by Gasteiger charge is 2.25. The first-order valence-corrected chi connectivity index (χ1v) is 8.30. The van der Waals surface area contributed by atoms with Crippen molar-refractivity contribution in [2.75, 3.05) is 6.54 Å². The number of nitrogens with zero attached hydrogens (tertiary/aromatic N) is 1. The lowest BCUT2D eigenvalue weighted by atomic mass is 10.0. The number of benzene rings is 1. The lowest BCUT2D eigenvalue weighted by Gasteiger charge is -2.18. The largest absolute Gasteiger partial charge is 0.391 e. The van der Waals surface area contributed by atoms with Crippen LogP contribution in [0.5, 0.6) is 0 Å². The van der Waals surface area contributed by atoms with E-state index < -0.39 is 21.9 Å². The maximum Gasteiger partial charge on any atom is 0.240 e. The van der Waals surface area contributed by atoms with Crippen LogP contribution in [-0.4, -0.2) is 26.2 Å². The van der Waals surface area contributed by atoms with Crippen molar-refractivity contribution in [1.29, 1.82) is 5.26 Å². The van der Waals surface area contributed by atoms with Crippen LogP contribution in [0.1, 0.15) is 31.2 Å². The van der Waals surface area contributed by atoms with E-state index in [-0.39, 0.29) is 22.9 Å². The second-order valence-electron chi connectivity index (χ2n) is 5.22. The van der Waals surface area contributed by atoms with Gasteiger partial charge in [0.2, 0.25) is 10.0 Å². The lowest BCUT2D eigenvalue weighted by molar-refractivity contribution is 0.115. The van der Waals surface area contributed by atoms with Gasteiger partial charge in [0.15, 0.2) is 0 Å². The van der Waals surface area contributed by atoms with Gasteiger partial charge in [-0.05, 0) is 37.0 Å². The van der Waals surface area contributed by atoms with Crippen LogP contribution in [-0.2, 0) is 10.0 Å². The molecule has 1 atom stereocenters. The summed E-state index contributed by atoms with van der Waals surface area (Å²) in [6.07, 6.45) is 3.18. The monoisotopic (exact) mass is 312 g/mol. The van der Waals surface area contributed by atoms with Gasteiger partial charge in [-0.1, -0.05) is 12.8 Å². The van der Waals surface area contributed by atoms with Gasteiger partial charge in [-0.15, -0.1) is 0 Å². The molecule has 1 unspecified atom stereocenters. The van der Waals surface area contributed by atoms with Crippen molar-refractivity contribution in [3.8, 4) is 6.07 Å². The minimum atomic E-state index is -3.86. The van der Waals surface area contributed by atoms with Gasteiger partial charge in [0.25, 0.3) is 0 Å². The molecule has 1 aliphatic carbocycles. The second-order valence-corrected chi connectivity index (χ2v) is 6.98. The van der Waals surface area contributed by atoms with Crippen LogP contribution >= 0.6 is 0 Å². The fourth-order valence-electron chi connectivity index (χ4n) is 2.54. The molecule has 1 saturated carbocycles. The van der Waals surface area contributed by atoms with Crippen LogP contribution in [0.3, 0.4) is 0 Å². The van der Waals surface area contributed by atoms with Gasteiger partial charge in [-0.2, -0.15) is 5.26 Å². The summed E-state index contributed by atoms with van der Waals surface area (Å²) in [7, 11) is -3.86. The minimum absolute atomic E-state index is 0.0771. The zero-order valence-electron chi connectivity index (χ0n) is 11.4. The zero-order chi connectivity index (χ0) is 15.5. The number of hydrogen-bond acceptors (Lipinski definition) is 4. The summed E-state index contributed by atoms with van der Waals surface area (Å²) in [6, 6.07) is 4.63. The van der Waals surface area contributed by atoms with Crippen LogP contribution in [0.15, 0.2) is 23.1 Å². The maximum absolute atomic E-state index is 13.2. The molecule has 7 heteroatoms. The van der Waals surface area contributed by atoms with E-state index in [1.54, 1.807) is 6.07 Å². The van der Waals surface area contributed by atoms with E-state index in [0.717, 1.165) is 43.9 Å². The fourth-order valence-corrected chi connectivity index (χ4v) is 3.62. The highest BCUT2D eigenvalue weighted by Crippen LogP contribution is 2.27. The molecule has 1 aromatic rings. The predicted octanol–water partition coefficient (Wildman–Crippen LogP) is 1.53. The summed E-state index contributed by atoms with van der Waals surface area (Å²) >= 11 is 0. The van der Waals surface area contributed by atoms with Crippen LogP contribution in [0.4, 0.5) is 4.39 Å². The second kappa shape index (κ2) is 6.52. The van der Waals surface area contributed by atoms with Gasteiger partial charge < -0.3 is 5.11 Å². The molecule has 0 bridgehead atoms. The molecule has 2 rings (SSSR count). The van der Waals surface area contributed by atoms with E-state index >= 15 is 0 Å². The quantitative estimate of drug-likeness (QED) is 0.862. The molecule has 114 valence electrons. The molecule has 1 aromatic carbocycles. The number of aliphatic hydroxyl groups is 1. The number of nitrogens with one attached hydrogen (secondary N) is 1. The molecule has 0 aliphatic heterocycles. The van der Waals surface area contributed by atoms with Crippen molar-refractivity contribution in [3.05, 3.63) is 29.6 Å². The number of rotatable bonds is 5. The normalized spacial score (nSPS) is 17.6. The van der Waals surface area contributed by atoms with Gasteiger partial charge in [0, 0.05) is 6.54 Å². The molecule has 1 aliphatic rings. The van der Waals surface area contributed by atoms with E-state index in [4.69, 9.17) is 5.26 Å². The number of hydrogen-bond donors (Lipinski definition) is 2. The molecule has 0 aromatic heterocycles. The van der Waals surface area contributed by atoms with Crippen molar-refractivity contribution in [1.82, 2.24) is 4.72 Å². The van der Waals surface area contributed by atoms with Crippen LogP contribution in [0.25, 0.3) is 0 Å². The number of halogens is 1. The first kappa shape index (κ1) is 15.9. The van der Waals surface area contributed by atoms with Crippen molar-refractivity contribution in [2.45, 2.75) is 36.7 Å². The Morgan fingerprint density at radius 1 is 1.43 bits per heavy atom. The molecular formula is C14H17FN2O3S. The highest BCUT2D eigenvalue weighted by molar-refractivity contribution is 7.89. The Bertz CT molecular complexity index is 649. The molecule has 0 spiro atoms. The van der Waals surface area contributed by atoms with Gasteiger partial charge >= 0.3 is 0 Å². The average molecular weight is 312 g/mol. The molecule has 5 nitrogen and oxygen atoms in total. The van der Waals surface area contributed by atoms with E-state index in [9.17, 15) is 17.9 Å². The fraction of sp³-hybridized carbons (Fsp3) is 0.500. The third kappa shape index (κ3) is 3.79. The summed E-state index contributed by atoms with van der Waals surface area (Å²) in [6.45, 7) is -0.0771. The summed E-state index contributed by atoms with van der Waals surface area (Å²) in [5, 5.41) is 18.7. The van der Waals surface area contributed by atoms with E-state index in [1.807, 2.05) is 0 Å². The van der Waals surface area contributed by atoms with Crippen LogP contribution in [0, 0.1) is 23.1 Å². The Balaban J connectivity index is 2.06. The minimum Gasteiger partial charge on any atom is -0.391 e. The van der Waals surface area contributed by atoms with Crippen molar-refractivity contribution < 1.29 is 17.9 Å². The SMILES string of the molecule is N#Cc1cc(S(=O)(=O)NCC(O)C2CCCC2)ccc1F. The van der Waals surface area contributed by atoms with E-state index in [1.165, 1.54) is 0 Å². The Kier molecular flexibility index (Phi) is 4.93.